The smallest absolute Gasteiger partial charge is 0.185 e. The summed E-state index contributed by atoms with van der Waals surface area (Å²) in [7, 11) is 0. The lowest BCUT2D eigenvalue weighted by Gasteiger charge is -1.99. The zero-order valence-electron chi connectivity index (χ0n) is 7.93. The fourth-order valence-corrected chi connectivity index (χ4v) is 1.53. The fraction of sp³-hybridized carbons (Fsp3) is 0.182. The van der Waals surface area contributed by atoms with Gasteiger partial charge in [-0.2, -0.15) is 0 Å². The molecule has 0 atom stereocenters. The maximum Gasteiger partial charge on any atom is 0.185 e. The maximum absolute atomic E-state index is 13.3. The van der Waals surface area contributed by atoms with E-state index >= 15 is 0 Å². The summed E-state index contributed by atoms with van der Waals surface area (Å²) >= 11 is 0. The molecule has 0 saturated carbocycles. The Bertz CT molecular complexity index is 511. The molecule has 0 amide bonds. The van der Waals surface area contributed by atoms with E-state index in [9.17, 15) is 9.18 Å². The first-order chi connectivity index (χ1) is 6.63. The van der Waals surface area contributed by atoms with Crippen LogP contribution in [0.15, 0.2) is 16.5 Å². The summed E-state index contributed by atoms with van der Waals surface area (Å²) < 4.78 is 18.5. The first-order valence-corrected chi connectivity index (χ1v) is 4.28. The van der Waals surface area contributed by atoms with E-state index in [1.807, 2.05) is 0 Å². The molecule has 0 unspecified atom stereocenters. The van der Waals surface area contributed by atoms with Crippen molar-refractivity contribution in [2.45, 2.75) is 13.8 Å². The van der Waals surface area contributed by atoms with Gasteiger partial charge >= 0.3 is 0 Å². The Morgan fingerprint density at radius 3 is 2.71 bits per heavy atom. The first-order valence-electron chi connectivity index (χ1n) is 4.28. The summed E-state index contributed by atoms with van der Waals surface area (Å²) in [4.78, 5) is 10.5. The summed E-state index contributed by atoms with van der Waals surface area (Å²) in [6.07, 6.45) is 0.622. The van der Waals surface area contributed by atoms with Crippen molar-refractivity contribution < 1.29 is 13.6 Å². The lowest BCUT2D eigenvalue weighted by atomic mass is 10.1. The molecule has 1 heterocycles. The van der Waals surface area contributed by atoms with Crippen LogP contribution in [0.2, 0.25) is 0 Å². The Morgan fingerprint density at radius 1 is 1.36 bits per heavy atom. The van der Waals surface area contributed by atoms with Crippen molar-refractivity contribution in [1.82, 2.24) is 0 Å². The standard InChI is InChI=1S/C11H9FO2/c1-6-3-10(12)7(2)9-4-8(5-13)14-11(6)9/h3-5H,1-2H3. The van der Waals surface area contributed by atoms with Crippen molar-refractivity contribution in [2.75, 3.05) is 0 Å². The topological polar surface area (TPSA) is 30.2 Å². The molecule has 2 aromatic rings. The van der Waals surface area contributed by atoms with Crippen molar-refractivity contribution >= 4 is 17.3 Å². The van der Waals surface area contributed by atoms with Gasteiger partial charge in [-0.25, -0.2) is 4.39 Å². The molecule has 0 saturated heterocycles. The van der Waals surface area contributed by atoms with Crippen molar-refractivity contribution in [3.05, 3.63) is 34.8 Å². The second kappa shape index (κ2) is 2.94. The zero-order chi connectivity index (χ0) is 10.3. The number of fused-ring (bicyclic) bond motifs is 1. The van der Waals surface area contributed by atoms with E-state index in [2.05, 4.69) is 0 Å². The molecule has 1 aromatic carbocycles. The molecule has 14 heavy (non-hydrogen) atoms. The normalized spacial score (nSPS) is 10.8. The number of hydrogen-bond acceptors (Lipinski definition) is 2. The number of hydrogen-bond donors (Lipinski definition) is 0. The number of rotatable bonds is 1. The monoisotopic (exact) mass is 192 g/mol. The molecule has 0 N–H and O–H groups in total. The van der Waals surface area contributed by atoms with Gasteiger partial charge in [0.15, 0.2) is 12.0 Å². The second-order valence-corrected chi connectivity index (χ2v) is 3.31. The molecule has 1 aromatic heterocycles. The van der Waals surface area contributed by atoms with Crippen LogP contribution in [0, 0.1) is 19.7 Å². The van der Waals surface area contributed by atoms with Gasteiger partial charge in [0.1, 0.15) is 11.4 Å². The average molecular weight is 192 g/mol. The highest BCUT2D eigenvalue weighted by Crippen LogP contribution is 2.27. The fourth-order valence-electron chi connectivity index (χ4n) is 1.53. The van der Waals surface area contributed by atoms with Crippen molar-refractivity contribution in [3.8, 4) is 0 Å². The Labute approximate surface area is 80.3 Å². The molecular weight excluding hydrogens is 183 g/mol. The molecule has 0 aliphatic carbocycles. The molecule has 72 valence electrons. The van der Waals surface area contributed by atoms with Crippen LogP contribution in [0.3, 0.4) is 0 Å². The van der Waals surface area contributed by atoms with Gasteiger partial charge < -0.3 is 4.42 Å². The van der Waals surface area contributed by atoms with E-state index < -0.39 is 0 Å². The van der Waals surface area contributed by atoms with Gasteiger partial charge in [0.05, 0.1) is 0 Å². The lowest BCUT2D eigenvalue weighted by molar-refractivity contribution is 0.110. The molecule has 0 bridgehead atoms. The van der Waals surface area contributed by atoms with Gasteiger partial charge in [-0.1, -0.05) is 0 Å². The molecule has 2 nitrogen and oxygen atoms in total. The third-order valence-electron chi connectivity index (χ3n) is 2.33. The van der Waals surface area contributed by atoms with Crippen LogP contribution < -0.4 is 0 Å². The summed E-state index contributed by atoms with van der Waals surface area (Å²) in [6.45, 7) is 3.42. The number of aldehydes is 1. The van der Waals surface area contributed by atoms with Gasteiger partial charge in [-0.3, -0.25) is 4.79 Å². The quantitative estimate of drug-likeness (QED) is 0.650. The Kier molecular flexibility index (Phi) is 1.88. The van der Waals surface area contributed by atoms with Crippen molar-refractivity contribution in [2.24, 2.45) is 0 Å². The molecule has 3 heteroatoms. The second-order valence-electron chi connectivity index (χ2n) is 3.31. The Morgan fingerprint density at radius 2 is 2.07 bits per heavy atom. The minimum Gasteiger partial charge on any atom is -0.453 e. The lowest BCUT2D eigenvalue weighted by Crippen LogP contribution is -1.84. The zero-order valence-corrected chi connectivity index (χ0v) is 7.93. The van der Waals surface area contributed by atoms with E-state index in [1.54, 1.807) is 19.9 Å². The largest absolute Gasteiger partial charge is 0.453 e. The van der Waals surface area contributed by atoms with Crippen LogP contribution in [0.1, 0.15) is 21.7 Å². The number of aryl methyl sites for hydroxylation is 2. The van der Waals surface area contributed by atoms with E-state index in [4.69, 9.17) is 4.42 Å². The molecule has 0 spiro atoms. The minimum atomic E-state index is -0.270. The van der Waals surface area contributed by atoms with Crippen LogP contribution in [0.5, 0.6) is 0 Å². The van der Waals surface area contributed by atoms with Gasteiger partial charge in [0.25, 0.3) is 0 Å². The molecule has 0 aliphatic rings. The van der Waals surface area contributed by atoms with Crippen LogP contribution in [0.4, 0.5) is 4.39 Å². The molecular formula is C11H9FO2. The van der Waals surface area contributed by atoms with E-state index in [-0.39, 0.29) is 11.6 Å². The summed E-state index contributed by atoms with van der Waals surface area (Å²) in [5, 5.41) is 0.671. The average Bonchev–Trinajstić information content (AvgIpc) is 2.58. The van der Waals surface area contributed by atoms with Gasteiger partial charge in [0, 0.05) is 5.39 Å². The number of carbonyl (C=O) groups is 1. The molecule has 2 rings (SSSR count). The van der Waals surface area contributed by atoms with Gasteiger partial charge in [-0.05, 0) is 37.1 Å². The summed E-state index contributed by atoms with van der Waals surface area (Å²) in [5.41, 5.74) is 1.81. The van der Waals surface area contributed by atoms with Crippen molar-refractivity contribution in [1.29, 1.82) is 0 Å². The molecule has 0 fully saturated rings. The maximum atomic E-state index is 13.3. The van der Waals surface area contributed by atoms with Gasteiger partial charge in [0.2, 0.25) is 0 Å². The molecule has 0 aliphatic heterocycles. The Balaban J connectivity index is 2.90. The highest BCUT2D eigenvalue weighted by Gasteiger charge is 2.11. The summed E-state index contributed by atoms with van der Waals surface area (Å²) in [5.74, 6) is -0.0370. The van der Waals surface area contributed by atoms with Crippen LogP contribution in [-0.2, 0) is 0 Å². The van der Waals surface area contributed by atoms with Crippen LogP contribution >= 0.6 is 0 Å². The predicted molar refractivity (Wildman–Crippen MR) is 51.0 cm³/mol. The third kappa shape index (κ3) is 1.13. The number of furan rings is 1. The van der Waals surface area contributed by atoms with E-state index in [0.717, 1.165) is 0 Å². The van der Waals surface area contributed by atoms with E-state index in [1.165, 1.54) is 6.07 Å². The van der Waals surface area contributed by atoms with E-state index in [0.29, 0.717) is 28.4 Å². The highest BCUT2D eigenvalue weighted by atomic mass is 19.1. The number of carbonyl (C=O) groups excluding carboxylic acids is 1. The molecule has 0 radical (unpaired) electrons. The highest BCUT2D eigenvalue weighted by molar-refractivity contribution is 5.89. The third-order valence-corrected chi connectivity index (χ3v) is 2.33. The predicted octanol–water partition coefficient (Wildman–Crippen LogP) is 3.00. The first kappa shape index (κ1) is 8.94. The van der Waals surface area contributed by atoms with Crippen LogP contribution in [0.25, 0.3) is 11.0 Å². The minimum absolute atomic E-state index is 0.233. The van der Waals surface area contributed by atoms with Crippen LogP contribution in [-0.4, -0.2) is 6.29 Å². The number of benzene rings is 1. The Hall–Kier alpha value is -1.64. The summed E-state index contributed by atoms with van der Waals surface area (Å²) in [6, 6.07) is 2.98. The van der Waals surface area contributed by atoms with Crippen molar-refractivity contribution in [3.63, 3.8) is 0 Å². The van der Waals surface area contributed by atoms with Gasteiger partial charge in [-0.15, -0.1) is 0 Å². The SMILES string of the molecule is Cc1c(F)cc(C)c2oc(C=O)cc12. The number of halogens is 1.